The number of hydrogen-bond acceptors (Lipinski definition) is 2. The average Bonchev–Trinajstić information content (AvgIpc) is 3.90. The van der Waals surface area contributed by atoms with Gasteiger partial charge in [0.25, 0.3) is 0 Å². The lowest BCUT2D eigenvalue weighted by atomic mass is 9.94. The third-order valence-corrected chi connectivity index (χ3v) is 13.2. The van der Waals surface area contributed by atoms with Crippen molar-refractivity contribution in [2.75, 3.05) is 4.90 Å². The summed E-state index contributed by atoms with van der Waals surface area (Å²) in [6, 6.07) is 81.6. The van der Waals surface area contributed by atoms with Crippen molar-refractivity contribution >= 4 is 93.1 Å². The maximum Gasteiger partial charge on any atom is 0.143 e. The molecule has 300 valence electrons. The Hall–Kier alpha value is -8.40. The number of para-hydroxylation sites is 3. The van der Waals surface area contributed by atoms with Gasteiger partial charge in [0.05, 0.1) is 11.0 Å². The molecule has 2 heterocycles. The van der Waals surface area contributed by atoms with Crippen molar-refractivity contribution in [3.8, 4) is 27.9 Å². The van der Waals surface area contributed by atoms with Crippen LogP contribution in [0.4, 0.5) is 17.1 Å². The fourth-order valence-electron chi connectivity index (χ4n) is 10.2. The van der Waals surface area contributed by atoms with Gasteiger partial charge in [0.2, 0.25) is 0 Å². The van der Waals surface area contributed by atoms with Crippen LogP contribution in [0.15, 0.2) is 229 Å². The molecule has 0 atom stereocenters. The Labute approximate surface area is 370 Å². The highest BCUT2D eigenvalue weighted by Gasteiger charge is 2.19. The quantitative estimate of drug-likeness (QED) is 0.156. The van der Waals surface area contributed by atoms with Gasteiger partial charge in [-0.3, -0.25) is 0 Å². The molecule has 0 spiro atoms. The topological polar surface area (TPSA) is 21.3 Å². The smallest absolute Gasteiger partial charge is 0.143 e. The van der Waals surface area contributed by atoms with E-state index in [-0.39, 0.29) is 0 Å². The zero-order valence-corrected chi connectivity index (χ0v) is 35.2. The summed E-state index contributed by atoms with van der Waals surface area (Å²) in [7, 11) is 0. The van der Waals surface area contributed by atoms with Gasteiger partial charge in [-0.1, -0.05) is 151 Å². The second kappa shape index (κ2) is 14.3. The number of anilines is 3. The first-order chi connectivity index (χ1) is 31.6. The molecule has 3 heteroatoms. The molecule has 13 rings (SSSR count). The zero-order valence-electron chi connectivity index (χ0n) is 35.2. The summed E-state index contributed by atoms with van der Waals surface area (Å²) in [4.78, 5) is 2.39. The van der Waals surface area contributed by atoms with E-state index in [4.69, 9.17) is 4.42 Å². The second-order valence-corrected chi connectivity index (χ2v) is 17.0. The molecule has 0 saturated heterocycles. The van der Waals surface area contributed by atoms with Crippen molar-refractivity contribution < 1.29 is 4.42 Å². The molecule has 0 aliphatic carbocycles. The molecule has 0 N–H and O–H groups in total. The number of hydrogen-bond donors (Lipinski definition) is 0. The predicted molar refractivity (Wildman–Crippen MR) is 271 cm³/mol. The van der Waals surface area contributed by atoms with Crippen LogP contribution in [-0.2, 0) is 0 Å². The second-order valence-electron chi connectivity index (χ2n) is 17.0. The minimum Gasteiger partial charge on any atom is -0.455 e. The van der Waals surface area contributed by atoms with Gasteiger partial charge in [0.15, 0.2) is 0 Å². The van der Waals surface area contributed by atoms with E-state index in [2.05, 4.69) is 229 Å². The maximum atomic E-state index is 6.47. The fraction of sp³-hybridized carbons (Fsp3) is 0.0164. The van der Waals surface area contributed by atoms with Gasteiger partial charge < -0.3 is 13.9 Å². The number of furan rings is 1. The summed E-state index contributed by atoms with van der Waals surface area (Å²) in [5.74, 6) is 0. The summed E-state index contributed by atoms with van der Waals surface area (Å²) in [5.41, 5.74) is 14.5. The van der Waals surface area contributed by atoms with Crippen molar-refractivity contribution in [1.29, 1.82) is 0 Å². The molecular formula is C61H40N2O. The van der Waals surface area contributed by atoms with Crippen LogP contribution in [-0.4, -0.2) is 4.57 Å². The molecule has 11 aromatic carbocycles. The van der Waals surface area contributed by atoms with Gasteiger partial charge in [-0.2, -0.15) is 0 Å². The van der Waals surface area contributed by atoms with E-state index < -0.39 is 0 Å². The number of aromatic nitrogens is 1. The molecule has 0 fully saturated rings. The van der Waals surface area contributed by atoms with Gasteiger partial charge in [-0.15, -0.1) is 0 Å². The van der Waals surface area contributed by atoms with Crippen LogP contribution >= 0.6 is 0 Å². The lowest BCUT2D eigenvalue weighted by Gasteiger charge is -2.26. The molecule has 2 aromatic heterocycles. The summed E-state index contributed by atoms with van der Waals surface area (Å²) in [6.45, 7) is 2.17. The maximum absolute atomic E-state index is 6.47. The Morgan fingerprint density at radius 3 is 1.58 bits per heavy atom. The molecular weight excluding hydrogens is 777 g/mol. The molecule has 0 aliphatic heterocycles. The average molecular weight is 817 g/mol. The molecule has 0 bridgehead atoms. The Bertz CT molecular complexity index is 3920. The van der Waals surface area contributed by atoms with E-state index in [9.17, 15) is 0 Å². The summed E-state index contributed by atoms with van der Waals surface area (Å²) < 4.78 is 8.85. The number of rotatable bonds is 6. The summed E-state index contributed by atoms with van der Waals surface area (Å²) in [5, 5.41) is 12.3. The number of nitrogens with zero attached hydrogens (tertiary/aromatic N) is 2. The van der Waals surface area contributed by atoms with Gasteiger partial charge >= 0.3 is 0 Å². The summed E-state index contributed by atoms with van der Waals surface area (Å²) >= 11 is 0. The van der Waals surface area contributed by atoms with E-state index in [0.717, 1.165) is 55.8 Å². The van der Waals surface area contributed by atoms with Crippen molar-refractivity contribution in [1.82, 2.24) is 4.57 Å². The highest BCUT2D eigenvalue weighted by atomic mass is 16.3. The SMILES string of the molecule is Cc1ccc2c(c1)c1cc(-c3ccc(N(c4ccc(-c5cccc6c5oc5ccccc56)cc4)c4ccc5c6ccccc6c6ccccc6c5c4)cc3)ccc1n2-c1ccccc1. The monoisotopic (exact) mass is 816 g/mol. The Balaban J connectivity index is 0.953. The first kappa shape index (κ1) is 36.3. The molecule has 3 nitrogen and oxygen atoms in total. The van der Waals surface area contributed by atoms with Crippen molar-refractivity contribution in [3.05, 3.63) is 230 Å². The van der Waals surface area contributed by atoms with E-state index in [1.807, 2.05) is 12.1 Å². The van der Waals surface area contributed by atoms with E-state index >= 15 is 0 Å². The van der Waals surface area contributed by atoms with Gasteiger partial charge in [0.1, 0.15) is 11.2 Å². The third kappa shape index (κ3) is 5.68. The van der Waals surface area contributed by atoms with Crippen molar-refractivity contribution in [2.24, 2.45) is 0 Å². The molecule has 0 unspecified atom stereocenters. The fourth-order valence-corrected chi connectivity index (χ4v) is 10.2. The minimum absolute atomic E-state index is 0.904. The zero-order chi connectivity index (χ0) is 42.3. The number of fused-ring (bicyclic) bond motifs is 12. The normalized spacial score (nSPS) is 11.8. The largest absolute Gasteiger partial charge is 0.455 e. The molecule has 0 radical (unpaired) electrons. The standard InChI is InChI=1S/C61H40N2O/c1-39-22-34-58-56(36-39)57-37-42(27-35-59(57)63(58)43-12-3-2-4-13-43)40-23-28-44(29-24-40)62(46-32-33-52-50-16-6-5-14-48(50)49-15-7-8-17-51(49)55(52)38-46)45-30-25-41(26-31-45)47-19-11-20-54-53-18-9-10-21-60(53)64-61(47)54/h2-38H,1H3. The lowest BCUT2D eigenvalue weighted by Crippen LogP contribution is -2.10. The van der Waals surface area contributed by atoms with Gasteiger partial charge in [-0.25, -0.2) is 0 Å². The molecule has 0 saturated carbocycles. The van der Waals surface area contributed by atoms with Crippen LogP contribution in [0.5, 0.6) is 0 Å². The van der Waals surface area contributed by atoms with Crippen LogP contribution in [0.1, 0.15) is 5.56 Å². The van der Waals surface area contributed by atoms with Crippen LogP contribution in [0.2, 0.25) is 0 Å². The van der Waals surface area contributed by atoms with Crippen molar-refractivity contribution in [3.63, 3.8) is 0 Å². The highest BCUT2D eigenvalue weighted by molar-refractivity contribution is 6.26. The van der Waals surface area contributed by atoms with Crippen LogP contribution < -0.4 is 4.90 Å². The van der Waals surface area contributed by atoms with E-state index in [1.165, 1.54) is 70.8 Å². The molecule has 13 aromatic rings. The summed E-state index contributed by atoms with van der Waals surface area (Å²) in [6.07, 6.45) is 0. The molecule has 64 heavy (non-hydrogen) atoms. The van der Waals surface area contributed by atoms with Gasteiger partial charge in [-0.05, 0) is 135 Å². The highest BCUT2D eigenvalue weighted by Crippen LogP contribution is 2.43. The van der Waals surface area contributed by atoms with Crippen LogP contribution in [0, 0.1) is 6.92 Å². The molecule has 0 aliphatic rings. The number of benzene rings is 11. The van der Waals surface area contributed by atoms with Crippen LogP contribution in [0.3, 0.4) is 0 Å². The minimum atomic E-state index is 0.904. The van der Waals surface area contributed by atoms with Crippen molar-refractivity contribution in [2.45, 2.75) is 6.92 Å². The Morgan fingerprint density at radius 1 is 0.344 bits per heavy atom. The Kier molecular flexibility index (Phi) is 8.13. The molecule has 0 amide bonds. The number of aryl methyl sites for hydroxylation is 1. The van der Waals surface area contributed by atoms with Gasteiger partial charge in [0, 0.05) is 49.9 Å². The predicted octanol–water partition coefficient (Wildman–Crippen LogP) is 17.3. The first-order valence-corrected chi connectivity index (χ1v) is 22.0. The first-order valence-electron chi connectivity index (χ1n) is 22.0. The van der Waals surface area contributed by atoms with E-state index in [1.54, 1.807) is 0 Å². The van der Waals surface area contributed by atoms with E-state index in [0.29, 0.717) is 0 Å². The third-order valence-electron chi connectivity index (χ3n) is 13.2. The lowest BCUT2D eigenvalue weighted by molar-refractivity contribution is 0.670. The van der Waals surface area contributed by atoms with Crippen LogP contribution in [0.25, 0.3) is 104 Å². The Morgan fingerprint density at radius 2 is 0.875 bits per heavy atom.